The molecule has 2 aliphatic rings. The normalized spacial score (nSPS) is 15.5. The number of esters is 1. The Balaban J connectivity index is 1.06. The minimum Gasteiger partial charge on any atom is -0.454 e. The molecule has 15 nitrogen and oxygen atoms in total. The lowest BCUT2D eigenvalue weighted by atomic mass is 9.93. The molecule has 1 saturated heterocycles. The van der Waals surface area contributed by atoms with Gasteiger partial charge in [-0.3, -0.25) is 14.6 Å². The van der Waals surface area contributed by atoms with Crippen LogP contribution in [0.3, 0.4) is 0 Å². The van der Waals surface area contributed by atoms with Crippen molar-refractivity contribution in [3.8, 4) is 17.2 Å². The molecule has 47 heavy (non-hydrogen) atoms. The number of halogens is 1. The first kappa shape index (κ1) is 33.0. The molecular weight excluding hydrogens is 719 g/mol. The summed E-state index contributed by atoms with van der Waals surface area (Å²) in [5, 5.41) is 0.703. The summed E-state index contributed by atoms with van der Waals surface area (Å²) in [6.07, 6.45) is 2.70. The van der Waals surface area contributed by atoms with Gasteiger partial charge >= 0.3 is 13.8 Å². The molecule has 4 heterocycles. The number of likely N-dealkylation sites (tertiary alicyclic amines) is 1. The van der Waals surface area contributed by atoms with E-state index in [2.05, 4.69) is 30.4 Å². The second-order valence-electron chi connectivity index (χ2n) is 10.9. The predicted molar refractivity (Wildman–Crippen MR) is 172 cm³/mol. The van der Waals surface area contributed by atoms with Crippen LogP contribution in [0, 0.1) is 5.92 Å². The third-order valence-corrected chi connectivity index (χ3v) is 10.2. The van der Waals surface area contributed by atoms with E-state index in [0.29, 0.717) is 59.2 Å². The number of phosphoric ester groups is 1. The van der Waals surface area contributed by atoms with Crippen LogP contribution in [0.1, 0.15) is 36.5 Å². The lowest BCUT2D eigenvalue weighted by molar-refractivity contribution is -0.141. The van der Waals surface area contributed by atoms with Crippen molar-refractivity contribution in [2.24, 2.45) is 5.92 Å². The number of carbonyl (C=O) groups excluding carboxylic acids is 2. The van der Waals surface area contributed by atoms with Crippen LogP contribution in [0.15, 0.2) is 57.3 Å². The van der Waals surface area contributed by atoms with E-state index >= 15 is 0 Å². The Morgan fingerprint density at radius 2 is 1.91 bits per heavy atom. The first-order valence-electron chi connectivity index (χ1n) is 14.5. The molecular formula is C29H30BrN6O9PS. The third-order valence-electron chi connectivity index (χ3n) is 7.77. The van der Waals surface area contributed by atoms with E-state index in [9.17, 15) is 14.2 Å². The molecule has 0 bridgehead atoms. The van der Waals surface area contributed by atoms with Crippen molar-refractivity contribution in [2.45, 2.75) is 48.9 Å². The predicted octanol–water partition coefficient (Wildman–Crippen LogP) is 4.40. The highest BCUT2D eigenvalue weighted by Crippen LogP contribution is 2.43. The molecule has 18 heteroatoms. The molecule has 2 aliphatic heterocycles. The zero-order valence-electron chi connectivity index (χ0n) is 24.9. The van der Waals surface area contributed by atoms with Crippen molar-refractivity contribution in [1.29, 1.82) is 0 Å². The molecule has 2 aromatic heterocycles. The smallest absolute Gasteiger partial charge is 0.454 e. The average Bonchev–Trinajstić information content (AvgIpc) is 3.63. The van der Waals surface area contributed by atoms with Gasteiger partial charge in [-0.25, -0.2) is 24.3 Å². The van der Waals surface area contributed by atoms with Crippen LogP contribution in [0.5, 0.6) is 17.2 Å². The van der Waals surface area contributed by atoms with Crippen LogP contribution in [0.4, 0.5) is 5.82 Å². The van der Waals surface area contributed by atoms with E-state index in [1.165, 1.54) is 43.2 Å². The van der Waals surface area contributed by atoms with Crippen molar-refractivity contribution in [3.63, 3.8) is 0 Å². The van der Waals surface area contributed by atoms with Gasteiger partial charge in [-0.05, 0) is 78.4 Å². The van der Waals surface area contributed by atoms with Gasteiger partial charge in [0.05, 0.1) is 5.56 Å². The molecule has 0 spiro atoms. The van der Waals surface area contributed by atoms with E-state index in [1.807, 2.05) is 16.7 Å². The van der Waals surface area contributed by atoms with E-state index < -0.39 is 19.9 Å². The Bertz CT molecular complexity index is 1880. The zero-order chi connectivity index (χ0) is 33.3. The Labute approximate surface area is 281 Å². The van der Waals surface area contributed by atoms with Gasteiger partial charge in [0.15, 0.2) is 39.7 Å². The number of carbonyl (C=O) groups is 2. The number of phosphoric acid groups is 1. The number of imidazole rings is 1. The fourth-order valence-electron chi connectivity index (χ4n) is 5.40. The second kappa shape index (κ2) is 13.7. The summed E-state index contributed by atoms with van der Waals surface area (Å²) in [7, 11) is -4.80. The maximum absolute atomic E-state index is 13.1. The van der Waals surface area contributed by atoms with Crippen molar-refractivity contribution < 1.29 is 42.7 Å². The third kappa shape index (κ3) is 7.65. The van der Waals surface area contributed by atoms with Gasteiger partial charge in [-0.2, -0.15) is 0 Å². The number of nitrogens with zero attached hydrogens (tertiary/aromatic N) is 5. The van der Waals surface area contributed by atoms with Gasteiger partial charge < -0.3 is 33.9 Å². The van der Waals surface area contributed by atoms with Crippen LogP contribution < -0.4 is 19.7 Å². The summed E-state index contributed by atoms with van der Waals surface area (Å²) in [5.74, 6) is 0.619. The lowest BCUT2D eigenvalue weighted by Crippen LogP contribution is -2.44. The molecule has 0 radical (unpaired) electrons. The summed E-state index contributed by atoms with van der Waals surface area (Å²) < 4.78 is 34.9. The molecule has 1 atom stereocenters. The van der Waals surface area contributed by atoms with E-state index in [0.717, 1.165) is 34.7 Å². The number of fused-ring (bicyclic) bond motifs is 2. The minimum absolute atomic E-state index is 0.00299. The first-order valence-corrected chi connectivity index (χ1v) is 17.7. The fourth-order valence-corrected chi connectivity index (χ4v) is 7.29. The molecule has 0 unspecified atom stereocenters. The number of rotatable bonds is 10. The molecule has 4 N–H and O–H groups in total. The lowest BCUT2D eigenvalue weighted by Gasteiger charge is -2.33. The second-order valence-corrected chi connectivity index (χ2v) is 14.0. The molecule has 248 valence electrons. The van der Waals surface area contributed by atoms with Gasteiger partial charge in [0, 0.05) is 29.0 Å². The Morgan fingerprint density at radius 1 is 1.17 bits per heavy atom. The van der Waals surface area contributed by atoms with Gasteiger partial charge in [0.2, 0.25) is 6.79 Å². The van der Waals surface area contributed by atoms with Crippen LogP contribution in [0.2, 0.25) is 0 Å². The largest absolute Gasteiger partial charge is 0.524 e. The maximum atomic E-state index is 13.1. The molecule has 2 aromatic carbocycles. The van der Waals surface area contributed by atoms with Crippen molar-refractivity contribution in [2.75, 3.05) is 25.6 Å². The van der Waals surface area contributed by atoms with Gasteiger partial charge in [-0.1, -0.05) is 17.8 Å². The number of benzene rings is 2. The summed E-state index contributed by atoms with van der Waals surface area (Å²) in [6.45, 7) is 3.29. The average molecular weight is 750 g/mol. The maximum Gasteiger partial charge on any atom is 0.524 e. The van der Waals surface area contributed by atoms with Crippen molar-refractivity contribution >= 4 is 64.4 Å². The quantitative estimate of drug-likeness (QED) is 0.152. The summed E-state index contributed by atoms with van der Waals surface area (Å²) in [6, 6.07) is 9.01. The van der Waals surface area contributed by atoms with Crippen LogP contribution >= 0.6 is 35.5 Å². The Hall–Kier alpha value is -3.89. The highest BCUT2D eigenvalue weighted by molar-refractivity contribution is 9.10. The molecule has 0 saturated carbocycles. The number of nitrogen functional groups attached to an aromatic ring is 1. The number of piperidine rings is 1. The van der Waals surface area contributed by atoms with Crippen molar-refractivity contribution in [3.05, 3.63) is 52.8 Å². The number of anilines is 1. The molecule has 6 rings (SSSR count). The van der Waals surface area contributed by atoms with Gasteiger partial charge in [0.25, 0.3) is 5.91 Å². The van der Waals surface area contributed by atoms with Gasteiger partial charge in [0.1, 0.15) is 12.1 Å². The number of aryl methyl sites for hydroxylation is 1. The number of nitrogens with two attached hydrogens (primary N) is 1. The van der Waals surface area contributed by atoms with Crippen molar-refractivity contribution in [1.82, 2.24) is 24.4 Å². The number of hydrogen-bond donors (Lipinski definition) is 3. The Kier molecular flexibility index (Phi) is 9.62. The molecule has 1 amide bonds. The highest BCUT2D eigenvalue weighted by Gasteiger charge is 2.29. The summed E-state index contributed by atoms with van der Waals surface area (Å²) in [4.78, 5) is 59.7. The van der Waals surface area contributed by atoms with Crippen LogP contribution in [-0.4, -0.2) is 72.1 Å². The standard InChI is InChI=1S/C29H30BrN6O9PS/c1-16(44-28(38)18-3-2-4-19(11-18)45-46(39,40)41)27(37)35-8-5-17(6-9-35)7-10-36-26-24(25(31)32-14-33-26)34-29(36)47-23-13-22-21(12-20(23)30)42-15-43-22/h2-4,11-14,16-17H,5-10,15H2,1H3,(H2,31,32,33)(H2,39,40,41)/t16-/m0/s1. The minimum atomic E-state index is -4.80. The molecule has 1 fully saturated rings. The Morgan fingerprint density at radius 3 is 2.66 bits per heavy atom. The van der Waals surface area contributed by atoms with E-state index in [4.69, 9.17) is 34.7 Å². The summed E-state index contributed by atoms with van der Waals surface area (Å²) in [5.41, 5.74) is 7.31. The fraction of sp³-hybridized carbons (Fsp3) is 0.345. The van der Waals surface area contributed by atoms with Crippen LogP contribution in [0.25, 0.3) is 11.2 Å². The van der Waals surface area contributed by atoms with E-state index in [1.54, 1.807) is 4.90 Å². The van der Waals surface area contributed by atoms with E-state index in [-0.39, 0.29) is 24.0 Å². The highest BCUT2D eigenvalue weighted by atomic mass is 79.9. The molecule has 0 aliphatic carbocycles. The zero-order valence-corrected chi connectivity index (χ0v) is 28.2. The number of hydrogen-bond acceptors (Lipinski definition) is 12. The molecule has 4 aromatic rings. The summed E-state index contributed by atoms with van der Waals surface area (Å²) >= 11 is 5.07. The van der Waals surface area contributed by atoms with Crippen LogP contribution in [-0.2, 0) is 20.6 Å². The topological polar surface area (TPSA) is 201 Å². The SMILES string of the molecule is C[C@H](OC(=O)c1cccc(OP(=O)(O)O)c1)C(=O)N1CCC(CCn2c(Sc3cc4c(cc3Br)OCO4)nc3c(N)ncnc32)CC1. The number of aromatic nitrogens is 4. The first-order chi connectivity index (χ1) is 22.4. The monoisotopic (exact) mass is 748 g/mol. The number of ether oxygens (including phenoxy) is 3. The number of amides is 1. The van der Waals surface area contributed by atoms with Gasteiger partial charge in [-0.15, -0.1) is 0 Å².